The quantitative estimate of drug-likeness (QED) is 0.836. The Bertz CT molecular complexity index is 382. The van der Waals surface area contributed by atoms with Crippen LogP contribution in [0.4, 0.5) is 0 Å². The Balaban J connectivity index is 1.80. The molecule has 1 aromatic rings. The lowest BCUT2D eigenvalue weighted by molar-refractivity contribution is 0.0679. The lowest BCUT2D eigenvalue weighted by Gasteiger charge is -2.34. The summed E-state index contributed by atoms with van der Waals surface area (Å²) in [5.41, 5.74) is 7.36. The van der Waals surface area contributed by atoms with Crippen LogP contribution in [0.25, 0.3) is 0 Å². The van der Waals surface area contributed by atoms with Crippen LogP contribution >= 0.6 is 0 Å². The van der Waals surface area contributed by atoms with Crippen molar-refractivity contribution in [2.24, 2.45) is 11.7 Å². The van der Waals surface area contributed by atoms with Crippen molar-refractivity contribution in [3.63, 3.8) is 0 Å². The van der Waals surface area contributed by atoms with Crippen molar-refractivity contribution in [3.05, 3.63) is 35.9 Å². The zero-order valence-electron chi connectivity index (χ0n) is 12.5. The van der Waals surface area contributed by atoms with Crippen molar-refractivity contribution in [3.8, 4) is 0 Å². The van der Waals surface area contributed by atoms with Gasteiger partial charge in [-0.25, -0.2) is 0 Å². The standard InChI is InChI=1S/C17H28N2O/c1-2-14-9-6-10-19(12-14)13-17(20)16(18)11-15-7-4-3-5-8-15/h3-5,7-8,14,16-17,20H,2,6,9-13,18H2,1H3. The second kappa shape index (κ2) is 7.77. The van der Waals surface area contributed by atoms with Gasteiger partial charge in [-0.3, -0.25) is 0 Å². The Morgan fingerprint density at radius 1 is 1.35 bits per heavy atom. The first-order valence-corrected chi connectivity index (χ1v) is 7.89. The van der Waals surface area contributed by atoms with Crippen molar-refractivity contribution in [2.75, 3.05) is 19.6 Å². The van der Waals surface area contributed by atoms with Crippen LogP contribution in [0.5, 0.6) is 0 Å². The molecule has 1 saturated heterocycles. The van der Waals surface area contributed by atoms with Crippen molar-refractivity contribution < 1.29 is 5.11 Å². The summed E-state index contributed by atoms with van der Waals surface area (Å²) in [5, 5.41) is 10.3. The lowest BCUT2D eigenvalue weighted by Crippen LogP contribution is -2.47. The Morgan fingerprint density at radius 3 is 2.80 bits per heavy atom. The van der Waals surface area contributed by atoms with Gasteiger partial charge in [-0.1, -0.05) is 43.7 Å². The summed E-state index contributed by atoms with van der Waals surface area (Å²) in [5.74, 6) is 0.793. The summed E-state index contributed by atoms with van der Waals surface area (Å²) < 4.78 is 0. The van der Waals surface area contributed by atoms with Gasteiger partial charge in [-0.2, -0.15) is 0 Å². The summed E-state index contributed by atoms with van der Waals surface area (Å²) in [6, 6.07) is 10.0. The summed E-state index contributed by atoms with van der Waals surface area (Å²) in [4.78, 5) is 2.38. The highest BCUT2D eigenvalue weighted by atomic mass is 16.3. The van der Waals surface area contributed by atoms with Crippen molar-refractivity contribution in [2.45, 2.75) is 44.8 Å². The first-order valence-electron chi connectivity index (χ1n) is 7.89. The second-order valence-electron chi connectivity index (χ2n) is 6.10. The molecule has 2 rings (SSSR count). The minimum absolute atomic E-state index is 0.181. The Kier molecular flexibility index (Phi) is 6.02. The van der Waals surface area contributed by atoms with E-state index in [1.54, 1.807) is 0 Å². The van der Waals surface area contributed by atoms with Crippen LogP contribution in [-0.4, -0.2) is 41.8 Å². The molecule has 0 bridgehead atoms. The molecular weight excluding hydrogens is 248 g/mol. The third kappa shape index (κ3) is 4.58. The predicted molar refractivity (Wildman–Crippen MR) is 83.6 cm³/mol. The van der Waals surface area contributed by atoms with E-state index in [1.807, 2.05) is 18.2 Å². The highest BCUT2D eigenvalue weighted by molar-refractivity contribution is 5.16. The number of aliphatic hydroxyl groups excluding tert-OH is 1. The van der Waals surface area contributed by atoms with Gasteiger partial charge in [0.05, 0.1) is 6.10 Å². The number of nitrogens with zero attached hydrogens (tertiary/aromatic N) is 1. The van der Waals surface area contributed by atoms with Crippen molar-refractivity contribution in [1.29, 1.82) is 0 Å². The fourth-order valence-corrected chi connectivity index (χ4v) is 3.07. The molecule has 112 valence electrons. The molecule has 3 heteroatoms. The van der Waals surface area contributed by atoms with Crippen molar-refractivity contribution in [1.82, 2.24) is 4.90 Å². The van der Waals surface area contributed by atoms with Crippen LogP contribution in [0.15, 0.2) is 30.3 Å². The number of aliphatic hydroxyl groups is 1. The normalized spacial score (nSPS) is 23.4. The molecule has 3 atom stereocenters. The number of likely N-dealkylation sites (tertiary alicyclic amines) is 1. The zero-order valence-corrected chi connectivity index (χ0v) is 12.5. The number of hydrogen-bond acceptors (Lipinski definition) is 3. The SMILES string of the molecule is CCC1CCCN(CC(O)C(N)Cc2ccccc2)C1. The minimum atomic E-state index is -0.439. The van der Waals surface area contributed by atoms with Gasteiger partial charge in [0.1, 0.15) is 0 Å². The van der Waals surface area contributed by atoms with Gasteiger partial charge in [0.2, 0.25) is 0 Å². The number of benzene rings is 1. The molecule has 1 aliphatic rings. The third-order valence-corrected chi connectivity index (χ3v) is 4.43. The third-order valence-electron chi connectivity index (χ3n) is 4.43. The van der Waals surface area contributed by atoms with E-state index in [0.717, 1.165) is 25.4 Å². The molecule has 0 amide bonds. The van der Waals surface area contributed by atoms with Crippen LogP contribution < -0.4 is 5.73 Å². The Morgan fingerprint density at radius 2 is 2.10 bits per heavy atom. The summed E-state index contributed by atoms with van der Waals surface area (Å²) in [7, 11) is 0. The van der Waals surface area contributed by atoms with Gasteiger partial charge in [0.15, 0.2) is 0 Å². The molecule has 0 radical (unpaired) electrons. The van der Waals surface area contributed by atoms with Gasteiger partial charge < -0.3 is 15.7 Å². The Labute approximate surface area is 122 Å². The first kappa shape index (κ1) is 15.5. The molecule has 1 fully saturated rings. The van der Waals surface area contributed by atoms with Crippen LogP contribution in [0, 0.1) is 5.92 Å². The molecule has 1 heterocycles. The van der Waals surface area contributed by atoms with Crippen LogP contribution in [0.3, 0.4) is 0 Å². The highest BCUT2D eigenvalue weighted by Crippen LogP contribution is 2.19. The fraction of sp³-hybridized carbons (Fsp3) is 0.647. The monoisotopic (exact) mass is 276 g/mol. The Hall–Kier alpha value is -0.900. The smallest absolute Gasteiger partial charge is 0.0820 e. The maximum atomic E-state index is 10.3. The van der Waals surface area contributed by atoms with E-state index < -0.39 is 6.10 Å². The number of rotatable bonds is 6. The summed E-state index contributed by atoms with van der Waals surface area (Å²) in [6.07, 6.45) is 4.12. The molecule has 3 nitrogen and oxygen atoms in total. The molecule has 0 aliphatic carbocycles. The summed E-state index contributed by atoms with van der Waals surface area (Å²) in [6.45, 7) is 5.19. The predicted octanol–water partition coefficient (Wildman–Crippen LogP) is 2.04. The van der Waals surface area contributed by atoms with Gasteiger partial charge in [-0.05, 0) is 37.3 Å². The number of piperidine rings is 1. The zero-order chi connectivity index (χ0) is 14.4. The van der Waals surface area contributed by atoms with Gasteiger partial charge in [-0.15, -0.1) is 0 Å². The van der Waals surface area contributed by atoms with E-state index in [1.165, 1.54) is 24.8 Å². The van der Waals surface area contributed by atoms with E-state index in [-0.39, 0.29) is 6.04 Å². The molecule has 1 aromatic carbocycles. The van der Waals surface area contributed by atoms with E-state index >= 15 is 0 Å². The molecule has 1 aliphatic heterocycles. The van der Waals surface area contributed by atoms with Gasteiger partial charge in [0.25, 0.3) is 0 Å². The maximum absolute atomic E-state index is 10.3. The molecular formula is C17H28N2O. The number of hydrogen-bond donors (Lipinski definition) is 2. The minimum Gasteiger partial charge on any atom is -0.390 e. The fourth-order valence-electron chi connectivity index (χ4n) is 3.07. The van der Waals surface area contributed by atoms with E-state index in [4.69, 9.17) is 5.73 Å². The first-order chi connectivity index (χ1) is 9.69. The van der Waals surface area contributed by atoms with Crippen molar-refractivity contribution >= 4 is 0 Å². The largest absolute Gasteiger partial charge is 0.390 e. The van der Waals surface area contributed by atoms with E-state index in [0.29, 0.717) is 6.54 Å². The maximum Gasteiger partial charge on any atom is 0.0820 e. The second-order valence-corrected chi connectivity index (χ2v) is 6.10. The van der Waals surface area contributed by atoms with Crippen LogP contribution in [0.2, 0.25) is 0 Å². The van der Waals surface area contributed by atoms with Crippen LogP contribution in [0.1, 0.15) is 31.7 Å². The molecule has 3 unspecified atom stereocenters. The summed E-state index contributed by atoms with van der Waals surface area (Å²) >= 11 is 0. The molecule has 0 saturated carbocycles. The number of β-amino-alcohol motifs (C(OH)–C–C–N with tert-alkyl or cyclic N) is 1. The van der Waals surface area contributed by atoms with Crippen LogP contribution in [-0.2, 0) is 6.42 Å². The lowest BCUT2D eigenvalue weighted by atomic mass is 9.94. The average Bonchev–Trinajstić information content (AvgIpc) is 2.48. The van der Waals surface area contributed by atoms with Gasteiger partial charge in [0, 0.05) is 19.1 Å². The van der Waals surface area contributed by atoms with E-state index in [9.17, 15) is 5.11 Å². The van der Waals surface area contributed by atoms with Gasteiger partial charge >= 0.3 is 0 Å². The molecule has 3 N–H and O–H groups in total. The molecule has 0 aromatic heterocycles. The number of nitrogens with two attached hydrogens (primary N) is 1. The highest BCUT2D eigenvalue weighted by Gasteiger charge is 2.23. The van der Waals surface area contributed by atoms with E-state index in [2.05, 4.69) is 24.0 Å². The molecule has 0 spiro atoms. The topological polar surface area (TPSA) is 49.5 Å². The average molecular weight is 276 g/mol. The molecule has 20 heavy (non-hydrogen) atoms.